The maximum absolute atomic E-state index is 6.16. The normalized spacial score (nSPS) is 27.3. The Kier molecular flexibility index (Phi) is 3.67. The van der Waals surface area contributed by atoms with Crippen molar-refractivity contribution < 1.29 is 14.0 Å². The molecule has 0 N–H and O–H groups in total. The maximum atomic E-state index is 6.16. The molecule has 2 aliphatic rings. The molecule has 3 nitrogen and oxygen atoms in total. The van der Waals surface area contributed by atoms with Crippen LogP contribution in [0.3, 0.4) is 0 Å². The van der Waals surface area contributed by atoms with Crippen molar-refractivity contribution in [2.45, 2.75) is 64.8 Å². The van der Waals surface area contributed by atoms with E-state index in [-0.39, 0.29) is 24.4 Å². The van der Waals surface area contributed by atoms with Gasteiger partial charge < -0.3 is 14.0 Å². The summed E-state index contributed by atoms with van der Waals surface area (Å²) >= 11 is 0. The third-order valence-electron chi connectivity index (χ3n) is 4.95. The minimum atomic E-state index is -0.300. The van der Waals surface area contributed by atoms with Crippen LogP contribution in [0.25, 0.3) is 0 Å². The Labute approximate surface area is 128 Å². The van der Waals surface area contributed by atoms with Gasteiger partial charge in [0.2, 0.25) is 0 Å². The summed E-state index contributed by atoms with van der Waals surface area (Å²) in [7, 11) is -0.296. The number of hydrogen-bond donors (Lipinski definition) is 0. The van der Waals surface area contributed by atoms with E-state index in [0.29, 0.717) is 0 Å². The molecule has 2 heterocycles. The predicted molar refractivity (Wildman–Crippen MR) is 84.8 cm³/mol. The van der Waals surface area contributed by atoms with Crippen LogP contribution >= 0.6 is 0 Å². The van der Waals surface area contributed by atoms with Crippen LogP contribution in [0.2, 0.25) is 0 Å². The zero-order valence-electron chi connectivity index (χ0n) is 13.7. The van der Waals surface area contributed by atoms with E-state index in [1.54, 1.807) is 0 Å². The Morgan fingerprint density at radius 3 is 2.29 bits per heavy atom. The van der Waals surface area contributed by atoms with E-state index in [1.165, 1.54) is 11.1 Å². The van der Waals surface area contributed by atoms with Gasteiger partial charge in [0, 0.05) is 6.61 Å². The molecule has 0 amide bonds. The molecule has 2 fully saturated rings. The van der Waals surface area contributed by atoms with Gasteiger partial charge in [-0.25, -0.2) is 0 Å². The minimum Gasteiger partial charge on any atom is -0.399 e. The first-order valence-corrected chi connectivity index (χ1v) is 7.87. The highest BCUT2D eigenvalue weighted by molar-refractivity contribution is 6.62. The van der Waals surface area contributed by atoms with Gasteiger partial charge in [0.05, 0.1) is 17.3 Å². The van der Waals surface area contributed by atoms with Crippen molar-refractivity contribution in [2.75, 3.05) is 6.61 Å². The molecule has 0 radical (unpaired) electrons. The number of benzene rings is 1. The minimum absolute atomic E-state index is 0.228. The van der Waals surface area contributed by atoms with Gasteiger partial charge in [0.1, 0.15) is 0 Å². The quantitative estimate of drug-likeness (QED) is 0.782. The molecule has 21 heavy (non-hydrogen) atoms. The van der Waals surface area contributed by atoms with Crippen molar-refractivity contribution >= 4 is 12.6 Å². The molecule has 0 spiro atoms. The highest BCUT2D eigenvalue weighted by atomic mass is 16.7. The first-order chi connectivity index (χ1) is 9.78. The predicted octanol–water partition coefficient (Wildman–Crippen LogP) is 3.15. The fraction of sp³-hybridized carbons (Fsp3) is 0.647. The third-order valence-corrected chi connectivity index (χ3v) is 4.95. The highest BCUT2D eigenvalue weighted by Crippen LogP contribution is 2.37. The molecule has 1 atom stereocenters. The molecule has 114 valence electrons. The van der Waals surface area contributed by atoms with Crippen molar-refractivity contribution in [1.82, 2.24) is 0 Å². The van der Waals surface area contributed by atoms with E-state index < -0.39 is 0 Å². The van der Waals surface area contributed by atoms with E-state index in [0.717, 1.165) is 24.9 Å². The number of ether oxygens (including phenoxy) is 1. The van der Waals surface area contributed by atoms with E-state index in [2.05, 4.69) is 52.8 Å². The molecule has 1 aromatic carbocycles. The molecule has 3 rings (SSSR count). The lowest BCUT2D eigenvalue weighted by atomic mass is 9.77. The van der Waals surface area contributed by atoms with Crippen molar-refractivity contribution in [2.24, 2.45) is 0 Å². The summed E-state index contributed by atoms with van der Waals surface area (Å²) in [6.45, 7) is 11.3. The standard InChI is InChI=1S/C17H25BO3/c1-12-9-13(15-7-6-8-19-15)11-14(10-12)18-20-16(2,3)17(4,5)21-18/h9-11,15H,6-8H2,1-5H3. The van der Waals surface area contributed by atoms with Crippen LogP contribution in [0, 0.1) is 6.92 Å². The summed E-state index contributed by atoms with van der Waals surface area (Å²) in [6.07, 6.45) is 2.47. The van der Waals surface area contributed by atoms with Crippen molar-refractivity contribution in [3.63, 3.8) is 0 Å². The molecule has 1 unspecified atom stereocenters. The maximum Gasteiger partial charge on any atom is 0.494 e. The lowest BCUT2D eigenvalue weighted by Gasteiger charge is -2.32. The van der Waals surface area contributed by atoms with Gasteiger partial charge in [0.25, 0.3) is 0 Å². The SMILES string of the molecule is Cc1cc(B2OC(C)(C)C(C)(C)O2)cc(C2CCCO2)c1. The van der Waals surface area contributed by atoms with Crippen LogP contribution in [0.5, 0.6) is 0 Å². The molecule has 1 aromatic rings. The van der Waals surface area contributed by atoms with Crippen molar-refractivity contribution in [1.29, 1.82) is 0 Å². The molecule has 0 aromatic heterocycles. The fourth-order valence-electron chi connectivity index (χ4n) is 2.98. The second kappa shape index (κ2) is 5.11. The van der Waals surface area contributed by atoms with Crippen molar-refractivity contribution in [3.8, 4) is 0 Å². The molecular weight excluding hydrogens is 263 g/mol. The lowest BCUT2D eigenvalue weighted by Crippen LogP contribution is -2.41. The molecular formula is C17H25BO3. The molecule has 2 saturated heterocycles. The van der Waals surface area contributed by atoms with Crippen LogP contribution in [0.4, 0.5) is 0 Å². The monoisotopic (exact) mass is 288 g/mol. The van der Waals surface area contributed by atoms with Crippen LogP contribution in [0.15, 0.2) is 18.2 Å². The Hall–Kier alpha value is -0.835. The van der Waals surface area contributed by atoms with Gasteiger partial charge >= 0.3 is 7.12 Å². The smallest absolute Gasteiger partial charge is 0.399 e. The van der Waals surface area contributed by atoms with Gasteiger partial charge in [-0.2, -0.15) is 0 Å². The van der Waals surface area contributed by atoms with Crippen LogP contribution in [0.1, 0.15) is 57.8 Å². The van der Waals surface area contributed by atoms with E-state index in [1.807, 2.05) is 0 Å². The number of rotatable bonds is 2. The second-order valence-electron chi connectivity index (χ2n) is 7.27. The molecule has 0 saturated carbocycles. The Bertz CT molecular complexity index is 517. The molecule has 4 heteroatoms. The van der Waals surface area contributed by atoms with Crippen LogP contribution < -0.4 is 5.46 Å². The summed E-state index contributed by atoms with van der Waals surface area (Å²) in [4.78, 5) is 0. The summed E-state index contributed by atoms with van der Waals surface area (Å²) in [5, 5.41) is 0. The molecule has 0 aliphatic carbocycles. The highest BCUT2D eigenvalue weighted by Gasteiger charge is 2.51. The van der Waals surface area contributed by atoms with Gasteiger partial charge in [0.15, 0.2) is 0 Å². The van der Waals surface area contributed by atoms with Gasteiger partial charge in [-0.15, -0.1) is 0 Å². The Morgan fingerprint density at radius 1 is 1.05 bits per heavy atom. The summed E-state index contributed by atoms with van der Waals surface area (Å²) in [5.41, 5.74) is 2.97. The lowest BCUT2D eigenvalue weighted by molar-refractivity contribution is 0.00578. The largest absolute Gasteiger partial charge is 0.494 e. The zero-order chi connectivity index (χ0) is 15.3. The van der Waals surface area contributed by atoms with Crippen molar-refractivity contribution in [3.05, 3.63) is 29.3 Å². The van der Waals surface area contributed by atoms with E-state index in [9.17, 15) is 0 Å². The van der Waals surface area contributed by atoms with Gasteiger partial charge in [-0.05, 0) is 58.5 Å². The Balaban J connectivity index is 1.89. The molecule has 0 bridgehead atoms. The first-order valence-electron chi connectivity index (χ1n) is 7.87. The Morgan fingerprint density at radius 2 is 1.71 bits per heavy atom. The second-order valence-corrected chi connectivity index (χ2v) is 7.27. The first kappa shape index (κ1) is 15.1. The fourth-order valence-corrected chi connectivity index (χ4v) is 2.98. The summed E-state index contributed by atoms with van der Waals surface area (Å²) in [5.74, 6) is 0. The average molecular weight is 288 g/mol. The summed E-state index contributed by atoms with van der Waals surface area (Å²) in [6, 6.07) is 6.55. The summed E-state index contributed by atoms with van der Waals surface area (Å²) < 4.78 is 18.1. The molecule has 2 aliphatic heterocycles. The van der Waals surface area contributed by atoms with Gasteiger partial charge in [-0.1, -0.05) is 23.8 Å². The average Bonchev–Trinajstić information content (AvgIpc) is 2.96. The van der Waals surface area contributed by atoms with E-state index >= 15 is 0 Å². The number of hydrogen-bond acceptors (Lipinski definition) is 3. The zero-order valence-corrected chi connectivity index (χ0v) is 13.7. The van der Waals surface area contributed by atoms with Crippen LogP contribution in [-0.2, 0) is 14.0 Å². The number of aryl methyl sites for hydroxylation is 1. The van der Waals surface area contributed by atoms with E-state index in [4.69, 9.17) is 14.0 Å². The van der Waals surface area contributed by atoms with Crippen LogP contribution in [-0.4, -0.2) is 24.9 Å². The third kappa shape index (κ3) is 2.77. The van der Waals surface area contributed by atoms with Gasteiger partial charge in [-0.3, -0.25) is 0 Å². The topological polar surface area (TPSA) is 27.7 Å².